The van der Waals surface area contributed by atoms with Gasteiger partial charge in [0.1, 0.15) is 0 Å². The molecule has 0 radical (unpaired) electrons. The van der Waals surface area contributed by atoms with Crippen molar-refractivity contribution < 1.29 is 14.6 Å². The Morgan fingerprint density at radius 3 is 2.24 bits per heavy atom. The number of esters is 1. The molecular weight excluding hydrogens is 266 g/mol. The van der Waals surface area contributed by atoms with Crippen LogP contribution >= 0.6 is 0 Å². The molecule has 0 aromatic rings. The predicted octanol–water partition coefficient (Wildman–Crippen LogP) is 3.42. The number of rotatable bonds is 16. The van der Waals surface area contributed by atoms with Gasteiger partial charge in [0.05, 0.1) is 13.2 Å². The minimum atomic E-state index is -0.0693. The van der Waals surface area contributed by atoms with E-state index in [1.165, 1.54) is 44.9 Å². The van der Waals surface area contributed by atoms with Gasteiger partial charge in [-0.15, -0.1) is 0 Å². The number of ether oxygens (including phenoxy) is 1. The Labute approximate surface area is 130 Å². The summed E-state index contributed by atoms with van der Waals surface area (Å²) in [6, 6.07) is 0. The molecular formula is C17H35NO3. The first-order valence-corrected chi connectivity index (χ1v) is 8.78. The lowest BCUT2D eigenvalue weighted by molar-refractivity contribution is -0.143. The number of aliphatic hydroxyl groups excluding tert-OH is 1. The number of aliphatic hydroxyl groups is 1. The predicted molar refractivity (Wildman–Crippen MR) is 87.4 cm³/mol. The zero-order chi connectivity index (χ0) is 15.6. The van der Waals surface area contributed by atoms with E-state index in [-0.39, 0.29) is 12.6 Å². The van der Waals surface area contributed by atoms with Gasteiger partial charge in [-0.25, -0.2) is 0 Å². The Morgan fingerprint density at radius 2 is 1.57 bits per heavy atom. The second kappa shape index (κ2) is 17.4. The van der Waals surface area contributed by atoms with Crippen molar-refractivity contribution in [2.24, 2.45) is 0 Å². The molecule has 0 spiro atoms. The SMILES string of the molecule is CCCCCCCCCCOC(=O)CCCCNCCO. The van der Waals surface area contributed by atoms with Crippen LogP contribution < -0.4 is 5.32 Å². The van der Waals surface area contributed by atoms with Gasteiger partial charge in [-0.3, -0.25) is 4.79 Å². The van der Waals surface area contributed by atoms with Crippen LogP contribution in [0.25, 0.3) is 0 Å². The highest BCUT2D eigenvalue weighted by atomic mass is 16.5. The van der Waals surface area contributed by atoms with Crippen LogP contribution in [0.1, 0.15) is 77.6 Å². The molecule has 4 nitrogen and oxygen atoms in total. The van der Waals surface area contributed by atoms with Crippen LogP contribution in [0.5, 0.6) is 0 Å². The van der Waals surface area contributed by atoms with Gasteiger partial charge in [0.2, 0.25) is 0 Å². The van der Waals surface area contributed by atoms with E-state index in [9.17, 15) is 4.79 Å². The molecule has 0 unspecified atom stereocenters. The van der Waals surface area contributed by atoms with Crippen LogP contribution in [0.2, 0.25) is 0 Å². The fraction of sp³-hybridized carbons (Fsp3) is 0.941. The molecule has 0 aromatic carbocycles. The molecule has 126 valence electrons. The summed E-state index contributed by atoms with van der Waals surface area (Å²) in [5.74, 6) is -0.0693. The third-order valence-electron chi connectivity index (χ3n) is 3.53. The van der Waals surface area contributed by atoms with Gasteiger partial charge in [0.25, 0.3) is 0 Å². The first-order chi connectivity index (χ1) is 10.3. The fourth-order valence-corrected chi connectivity index (χ4v) is 2.22. The number of carbonyl (C=O) groups excluding carboxylic acids is 1. The average molecular weight is 301 g/mol. The summed E-state index contributed by atoms with van der Waals surface area (Å²) in [4.78, 5) is 11.5. The standard InChI is InChI=1S/C17H35NO3/c1-2-3-4-5-6-7-8-11-16-21-17(20)12-9-10-13-18-14-15-19/h18-19H,2-16H2,1H3. The third kappa shape index (κ3) is 17.3. The molecule has 0 fully saturated rings. The highest BCUT2D eigenvalue weighted by Crippen LogP contribution is 2.08. The van der Waals surface area contributed by atoms with Gasteiger partial charge in [0, 0.05) is 13.0 Å². The van der Waals surface area contributed by atoms with Crippen molar-refractivity contribution in [3.63, 3.8) is 0 Å². The molecule has 4 heteroatoms. The Bertz CT molecular complexity index is 222. The first kappa shape index (κ1) is 20.4. The topological polar surface area (TPSA) is 58.6 Å². The molecule has 0 aliphatic heterocycles. The third-order valence-corrected chi connectivity index (χ3v) is 3.53. The Hall–Kier alpha value is -0.610. The van der Waals surface area contributed by atoms with E-state index in [1.807, 2.05) is 0 Å². The van der Waals surface area contributed by atoms with Crippen molar-refractivity contribution in [3.05, 3.63) is 0 Å². The van der Waals surface area contributed by atoms with Crippen LogP contribution in [0.4, 0.5) is 0 Å². The molecule has 21 heavy (non-hydrogen) atoms. The number of unbranched alkanes of at least 4 members (excludes halogenated alkanes) is 8. The summed E-state index contributed by atoms with van der Waals surface area (Å²) in [5.41, 5.74) is 0. The van der Waals surface area contributed by atoms with Crippen LogP contribution in [-0.4, -0.2) is 37.4 Å². The lowest BCUT2D eigenvalue weighted by atomic mass is 10.1. The first-order valence-electron chi connectivity index (χ1n) is 8.78. The Kier molecular flexibility index (Phi) is 16.9. The molecule has 0 amide bonds. The largest absolute Gasteiger partial charge is 0.466 e. The van der Waals surface area contributed by atoms with E-state index >= 15 is 0 Å². The maximum atomic E-state index is 11.5. The Balaban J connectivity index is 3.12. The normalized spacial score (nSPS) is 10.8. The molecule has 0 heterocycles. The molecule has 0 rings (SSSR count). The highest BCUT2D eigenvalue weighted by molar-refractivity contribution is 5.69. The van der Waals surface area contributed by atoms with Crippen molar-refractivity contribution in [2.45, 2.75) is 77.6 Å². The number of carbonyl (C=O) groups is 1. The molecule has 0 aliphatic carbocycles. The van der Waals surface area contributed by atoms with E-state index in [0.29, 0.717) is 19.6 Å². The fourth-order valence-electron chi connectivity index (χ4n) is 2.22. The number of nitrogens with one attached hydrogen (secondary N) is 1. The van der Waals surface area contributed by atoms with E-state index in [4.69, 9.17) is 9.84 Å². The number of hydrogen-bond donors (Lipinski definition) is 2. The van der Waals surface area contributed by atoms with Crippen molar-refractivity contribution in [3.8, 4) is 0 Å². The second-order valence-corrected chi connectivity index (χ2v) is 5.63. The monoisotopic (exact) mass is 301 g/mol. The van der Waals surface area contributed by atoms with Gasteiger partial charge < -0.3 is 15.2 Å². The zero-order valence-electron chi connectivity index (χ0n) is 13.9. The van der Waals surface area contributed by atoms with Gasteiger partial charge in [-0.2, -0.15) is 0 Å². The van der Waals surface area contributed by atoms with Gasteiger partial charge in [-0.05, 0) is 25.8 Å². The summed E-state index contributed by atoms with van der Waals surface area (Å²) in [6.45, 7) is 4.46. The summed E-state index contributed by atoms with van der Waals surface area (Å²) in [7, 11) is 0. The van der Waals surface area contributed by atoms with Crippen molar-refractivity contribution >= 4 is 5.97 Å². The summed E-state index contributed by atoms with van der Waals surface area (Å²) >= 11 is 0. The minimum Gasteiger partial charge on any atom is -0.466 e. The quantitative estimate of drug-likeness (QED) is 0.339. The lowest BCUT2D eigenvalue weighted by Crippen LogP contribution is -2.19. The van der Waals surface area contributed by atoms with Crippen molar-refractivity contribution in [2.75, 3.05) is 26.3 Å². The number of hydrogen-bond acceptors (Lipinski definition) is 4. The Morgan fingerprint density at radius 1 is 0.905 bits per heavy atom. The van der Waals surface area contributed by atoms with E-state index in [2.05, 4.69) is 12.2 Å². The van der Waals surface area contributed by atoms with Crippen LogP contribution in [0.3, 0.4) is 0 Å². The molecule has 0 saturated carbocycles. The van der Waals surface area contributed by atoms with Crippen LogP contribution in [0, 0.1) is 0 Å². The second-order valence-electron chi connectivity index (χ2n) is 5.63. The highest BCUT2D eigenvalue weighted by Gasteiger charge is 2.02. The lowest BCUT2D eigenvalue weighted by Gasteiger charge is -2.05. The van der Waals surface area contributed by atoms with Crippen LogP contribution in [-0.2, 0) is 9.53 Å². The molecule has 0 saturated heterocycles. The van der Waals surface area contributed by atoms with Crippen molar-refractivity contribution in [1.82, 2.24) is 5.32 Å². The van der Waals surface area contributed by atoms with Crippen LogP contribution in [0.15, 0.2) is 0 Å². The molecule has 0 bridgehead atoms. The van der Waals surface area contributed by atoms with E-state index < -0.39 is 0 Å². The molecule has 0 aromatic heterocycles. The van der Waals surface area contributed by atoms with Gasteiger partial charge >= 0.3 is 5.97 Å². The maximum Gasteiger partial charge on any atom is 0.305 e. The smallest absolute Gasteiger partial charge is 0.305 e. The molecule has 2 N–H and O–H groups in total. The summed E-state index contributed by atoms with van der Waals surface area (Å²) in [5, 5.41) is 11.7. The maximum absolute atomic E-state index is 11.5. The zero-order valence-corrected chi connectivity index (χ0v) is 13.9. The average Bonchev–Trinajstić information content (AvgIpc) is 2.49. The summed E-state index contributed by atoms with van der Waals surface area (Å²) < 4.78 is 5.22. The molecule has 0 atom stereocenters. The van der Waals surface area contributed by atoms with E-state index in [0.717, 1.165) is 25.8 Å². The van der Waals surface area contributed by atoms with E-state index in [1.54, 1.807) is 0 Å². The van der Waals surface area contributed by atoms with Gasteiger partial charge in [-0.1, -0.05) is 51.9 Å². The minimum absolute atomic E-state index is 0.0693. The molecule has 0 aliphatic rings. The van der Waals surface area contributed by atoms with Crippen molar-refractivity contribution in [1.29, 1.82) is 0 Å². The summed E-state index contributed by atoms with van der Waals surface area (Å²) in [6.07, 6.45) is 12.4. The van der Waals surface area contributed by atoms with Gasteiger partial charge in [0.15, 0.2) is 0 Å².